The zero-order chi connectivity index (χ0) is 17.8. The minimum atomic E-state index is 0.0396. The Kier molecular flexibility index (Phi) is 4.73. The summed E-state index contributed by atoms with van der Waals surface area (Å²) in [6.45, 7) is 5.25. The fraction of sp³-hybridized carbons (Fsp3) is 0.312. The van der Waals surface area contributed by atoms with Crippen LogP contribution in [0.1, 0.15) is 13.8 Å². The summed E-state index contributed by atoms with van der Waals surface area (Å²) < 4.78 is 1.66. The molecule has 3 rings (SSSR count). The topological polar surface area (TPSA) is 113 Å². The molecule has 3 aromatic rings. The molecule has 0 saturated carbocycles. The number of para-hydroxylation sites is 1. The molecule has 0 unspecified atom stereocenters. The van der Waals surface area contributed by atoms with E-state index in [1.807, 2.05) is 38.1 Å². The maximum absolute atomic E-state index is 10.3. The van der Waals surface area contributed by atoms with Crippen molar-refractivity contribution in [3.8, 4) is 5.88 Å². The third kappa shape index (κ3) is 3.35. The number of aromatic hydroxyl groups is 1. The molecule has 0 fully saturated rings. The van der Waals surface area contributed by atoms with Crippen LogP contribution in [0.4, 0.5) is 23.5 Å². The number of nitrogens with one attached hydrogen (secondary N) is 2. The van der Waals surface area contributed by atoms with Crippen molar-refractivity contribution in [2.24, 2.45) is 17.3 Å². The maximum atomic E-state index is 10.3. The van der Waals surface area contributed by atoms with Gasteiger partial charge < -0.3 is 20.3 Å². The van der Waals surface area contributed by atoms with Crippen molar-refractivity contribution >= 4 is 34.4 Å². The van der Waals surface area contributed by atoms with Crippen LogP contribution in [0.3, 0.4) is 0 Å². The van der Waals surface area contributed by atoms with E-state index < -0.39 is 0 Å². The van der Waals surface area contributed by atoms with Crippen LogP contribution in [0.25, 0.3) is 10.9 Å². The normalized spacial score (nSPS) is 11.3. The van der Waals surface area contributed by atoms with Gasteiger partial charge in [0.15, 0.2) is 5.69 Å². The van der Waals surface area contributed by atoms with Gasteiger partial charge in [-0.25, -0.2) is 0 Å². The van der Waals surface area contributed by atoms with Gasteiger partial charge in [-0.05, 0) is 19.9 Å². The smallest absolute Gasteiger partial charge is 0.275 e. The molecule has 0 amide bonds. The molecule has 0 aliphatic carbocycles. The van der Waals surface area contributed by atoms with Crippen molar-refractivity contribution < 1.29 is 5.11 Å². The number of hydrogen-bond acceptors (Lipinski definition) is 8. The monoisotopic (exact) mass is 340 g/mol. The third-order valence-corrected chi connectivity index (χ3v) is 3.58. The van der Waals surface area contributed by atoms with Gasteiger partial charge in [-0.1, -0.05) is 18.2 Å². The first-order valence-electron chi connectivity index (χ1n) is 8.06. The first-order valence-corrected chi connectivity index (χ1v) is 8.06. The van der Waals surface area contributed by atoms with Crippen LogP contribution in [0.15, 0.2) is 34.5 Å². The quantitative estimate of drug-likeness (QED) is 0.593. The second-order valence-corrected chi connectivity index (χ2v) is 5.29. The number of benzene rings is 1. The second-order valence-electron chi connectivity index (χ2n) is 5.29. The van der Waals surface area contributed by atoms with Crippen LogP contribution in [0.5, 0.6) is 5.88 Å². The van der Waals surface area contributed by atoms with E-state index in [0.717, 1.165) is 10.9 Å². The van der Waals surface area contributed by atoms with Crippen LogP contribution < -0.4 is 10.6 Å². The van der Waals surface area contributed by atoms with Gasteiger partial charge in [0.2, 0.25) is 17.8 Å². The molecule has 0 spiro atoms. The highest BCUT2D eigenvalue weighted by Crippen LogP contribution is 2.38. The predicted octanol–water partition coefficient (Wildman–Crippen LogP) is 3.35. The highest BCUT2D eigenvalue weighted by Gasteiger charge is 2.14. The van der Waals surface area contributed by atoms with E-state index in [9.17, 15) is 5.11 Å². The molecule has 1 aromatic carbocycles. The summed E-state index contributed by atoms with van der Waals surface area (Å²) in [4.78, 5) is 12.7. The van der Waals surface area contributed by atoms with Crippen LogP contribution in [-0.4, -0.2) is 37.7 Å². The van der Waals surface area contributed by atoms with Crippen LogP contribution in [0, 0.1) is 0 Å². The lowest BCUT2D eigenvalue weighted by molar-refractivity contribution is 0.436. The molecule has 25 heavy (non-hydrogen) atoms. The van der Waals surface area contributed by atoms with Gasteiger partial charge in [0.05, 0.1) is 5.52 Å². The maximum Gasteiger partial charge on any atom is 0.275 e. The first kappa shape index (κ1) is 16.6. The Bertz CT molecular complexity index is 894. The Morgan fingerprint density at radius 2 is 1.64 bits per heavy atom. The largest absolute Gasteiger partial charge is 0.493 e. The lowest BCUT2D eigenvalue weighted by atomic mass is 10.2. The number of rotatable bonds is 6. The SMILES string of the molecule is CCNc1nc(N=Nc2c(O)n(C)c3ccccc23)nc(NCC)n1. The molecule has 2 heterocycles. The summed E-state index contributed by atoms with van der Waals surface area (Å²) in [5.74, 6) is 1.04. The number of nitrogens with zero attached hydrogens (tertiary/aromatic N) is 6. The molecular weight excluding hydrogens is 320 g/mol. The number of fused-ring (bicyclic) bond motifs is 1. The summed E-state index contributed by atoms with van der Waals surface area (Å²) in [5.41, 5.74) is 1.25. The van der Waals surface area contributed by atoms with Gasteiger partial charge in [0.1, 0.15) is 0 Å². The molecule has 0 bridgehead atoms. The molecular formula is C16H20N8O. The average molecular weight is 340 g/mol. The van der Waals surface area contributed by atoms with Gasteiger partial charge in [-0.3, -0.25) is 0 Å². The highest BCUT2D eigenvalue weighted by atomic mass is 16.3. The van der Waals surface area contributed by atoms with Crippen molar-refractivity contribution in [3.63, 3.8) is 0 Å². The van der Waals surface area contributed by atoms with E-state index in [-0.39, 0.29) is 11.8 Å². The Balaban J connectivity index is 2.01. The molecule has 0 radical (unpaired) electrons. The second kappa shape index (κ2) is 7.12. The van der Waals surface area contributed by atoms with Crippen LogP contribution in [-0.2, 0) is 7.05 Å². The van der Waals surface area contributed by atoms with Crippen molar-refractivity contribution in [2.45, 2.75) is 13.8 Å². The lowest BCUT2D eigenvalue weighted by Gasteiger charge is -2.05. The van der Waals surface area contributed by atoms with Gasteiger partial charge in [-0.15, -0.1) is 10.2 Å². The average Bonchev–Trinajstić information content (AvgIpc) is 2.85. The summed E-state index contributed by atoms with van der Waals surface area (Å²) in [7, 11) is 1.77. The molecule has 0 aliphatic heterocycles. The molecule has 9 nitrogen and oxygen atoms in total. The van der Waals surface area contributed by atoms with E-state index >= 15 is 0 Å². The fourth-order valence-corrected chi connectivity index (χ4v) is 2.44. The summed E-state index contributed by atoms with van der Waals surface area (Å²) in [5, 5.41) is 25.4. The van der Waals surface area contributed by atoms with Gasteiger partial charge >= 0.3 is 0 Å². The van der Waals surface area contributed by atoms with E-state index in [4.69, 9.17) is 0 Å². The predicted molar refractivity (Wildman–Crippen MR) is 96.9 cm³/mol. The van der Waals surface area contributed by atoms with Crippen molar-refractivity contribution in [1.29, 1.82) is 0 Å². The zero-order valence-electron chi connectivity index (χ0n) is 14.4. The van der Waals surface area contributed by atoms with E-state index in [1.54, 1.807) is 11.6 Å². The highest BCUT2D eigenvalue weighted by molar-refractivity contribution is 5.94. The minimum Gasteiger partial charge on any atom is -0.493 e. The Morgan fingerprint density at radius 1 is 1.00 bits per heavy atom. The van der Waals surface area contributed by atoms with Crippen molar-refractivity contribution in [3.05, 3.63) is 24.3 Å². The van der Waals surface area contributed by atoms with Crippen molar-refractivity contribution in [2.75, 3.05) is 23.7 Å². The molecule has 9 heteroatoms. The molecule has 3 N–H and O–H groups in total. The number of azo groups is 1. The molecule has 0 saturated heterocycles. The van der Waals surface area contributed by atoms with E-state index in [0.29, 0.717) is 30.7 Å². The van der Waals surface area contributed by atoms with Gasteiger partial charge in [0.25, 0.3) is 5.95 Å². The number of aryl methyl sites for hydroxylation is 1. The summed E-state index contributed by atoms with van der Waals surface area (Å²) >= 11 is 0. The third-order valence-electron chi connectivity index (χ3n) is 3.58. The standard InChI is InChI=1S/C16H20N8O/c1-4-17-14-19-15(18-5-2)21-16(20-14)23-22-12-10-8-6-7-9-11(10)24(3)13(12)25/h6-9,25H,4-5H2,1-3H3,(H2,17,18,19,20,21). The first-order chi connectivity index (χ1) is 12.1. The Hall–Kier alpha value is -3.23. The molecule has 0 atom stereocenters. The minimum absolute atomic E-state index is 0.0396. The Labute approximate surface area is 144 Å². The fourth-order valence-electron chi connectivity index (χ4n) is 2.44. The zero-order valence-corrected chi connectivity index (χ0v) is 14.4. The number of hydrogen-bond donors (Lipinski definition) is 3. The lowest BCUT2D eigenvalue weighted by Crippen LogP contribution is -2.08. The Morgan fingerprint density at radius 3 is 2.28 bits per heavy atom. The molecule has 0 aliphatic rings. The van der Waals surface area contributed by atoms with Crippen LogP contribution >= 0.6 is 0 Å². The summed E-state index contributed by atoms with van der Waals surface area (Å²) in [6.07, 6.45) is 0. The van der Waals surface area contributed by atoms with Gasteiger partial charge in [0, 0.05) is 25.5 Å². The van der Waals surface area contributed by atoms with E-state index in [2.05, 4.69) is 35.8 Å². The van der Waals surface area contributed by atoms with Gasteiger partial charge in [-0.2, -0.15) is 15.0 Å². The van der Waals surface area contributed by atoms with Crippen LogP contribution in [0.2, 0.25) is 0 Å². The number of aromatic nitrogens is 4. The summed E-state index contributed by atoms with van der Waals surface area (Å²) in [6, 6.07) is 7.57. The molecule has 130 valence electrons. The molecule has 2 aromatic heterocycles. The number of anilines is 2. The van der Waals surface area contributed by atoms with E-state index in [1.165, 1.54) is 0 Å². The van der Waals surface area contributed by atoms with Crippen molar-refractivity contribution in [1.82, 2.24) is 19.5 Å².